The molecule has 1 aromatic heterocycles. The van der Waals surface area contributed by atoms with Crippen molar-refractivity contribution in [3.8, 4) is 22.8 Å². The highest BCUT2D eigenvalue weighted by molar-refractivity contribution is 6.28. The van der Waals surface area contributed by atoms with Crippen LogP contribution in [0.1, 0.15) is 0 Å². The van der Waals surface area contributed by atoms with Crippen molar-refractivity contribution in [1.82, 2.24) is 14.8 Å². The number of halogens is 2. The maximum atomic E-state index is 13.5. The lowest BCUT2D eigenvalue weighted by Gasteiger charge is -2.10. The minimum atomic E-state index is -0.438. The van der Waals surface area contributed by atoms with Gasteiger partial charge in [-0.25, -0.2) is 4.39 Å². The summed E-state index contributed by atoms with van der Waals surface area (Å²) in [5.74, 6) is 0.275. The number of hydrogen-bond acceptors (Lipinski definition) is 3. The first-order valence-corrected chi connectivity index (χ1v) is 6.59. The second-order valence-electron chi connectivity index (χ2n) is 4.31. The molecule has 0 bridgehead atoms. The Hall–Kier alpha value is -2.40. The van der Waals surface area contributed by atoms with E-state index in [0.717, 1.165) is 5.56 Å². The molecule has 0 spiro atoms. The van der Waals surface area contributed by atoms with Crippen molar-refractivity contribution in [3.05, 3.63) is 59.6 Å². The smallest absolute Gasteiger partial charge is 0.229 e. The fraction of sp³-hybridized carbons (Fsp3) is 0.0667. The lowest BCUT2D eigenvalue weighted by atomic mass is 10.2. The summed E-state index contributed by atoms with van der Waals surface area (Å²) < 4.78 is 20.2. The van der Waals surface area contributed by atoms with E-state index in [1.54, 1.807) is 16.7 Å². The Morgan fingerprint density at radius 1 is 1.10 bits per heavy atom. The molecule has 0 saturated carbocycles. The molecule has 106 valence electrons. The molecule has 2 aromatic carbocycles. The molecule has 0 unspecified atom stereocenters. The van der Waals surface area contributed by atoms with Gasteiger partial charge in [0.25, 0.3) is 0 Å². The Labute approximate surface area is 125 Å². The third kappa shape index (κ3) is 2.48. The summed E-state index contributed by atoms with van der Waals surface area (Å²) in [5.41, 5.74) is 1.49. The molecular formula is C15H11ClFN3O. The average Bonchev–Trinajstić information content (AvgIpc) is 2.90. The van der Waals surface area contributed by atoms with Crippen LogP contribution in [0.25, 0.3) is 17.1 Å². The summed E-state index contributed by atoms with van der Waals surface area (Å²) in [7, 11) is 1.41. The van der Waals surface area contributed by atoms with Crippen LogP contribution in [0.15, 0.2) is 48.5 Å². The van der Waals surface area contributed by atoms with Gasteiger partial charge in [0, 0.05) is 11.6 Å². The topological polar surface area (TPSA) is 39.9 Å². The van der Waals surface area contributed by atoms with E-state index in [1.807, 2.05) is 30.3 Å². The minimum Gasteiger partial charge on any atom is -0.494 e. The highest BCUT2D eigenvalue weighted by Gasteiger charge is 2.15. The highest BCUT2D eigenvalue weighted by Crippen LogP contribution is 2.28. The van der Waals surface area contributed by atoms with Gasteiger partial charge in [-0.15, -0.1) is 10.2 Å². The molecule has 0 atom stereocenters. The predicted octanol–water partition coefficient (Wildman–Crippen LogP) is 3.74. The number of benzene rings is 2. The van der Waals surface area contributed by atoms with Crippen LogP contribution < -0.4 is 4.74 Å². The van der Waals surface area contributed by atoms with Crippen LogP contribution in [0.3, 0.4) is 0 Å². The second-order valence-corrected chi connectivity index (χ2v) is 4.65. The standard InChI is InChI=1S/C15H11ClFN3O/c1-21-13-9-11(7-8-12(13)17)20-14(18-19-15(20)16)10-5-3-2-4-6-10/h2-9H,1H3. The molecule has 0 N–H and O–H groups in total. The number of ether oxygens (including phenoxy) is 1. The first-order valence-electron chi connectivity index (χ1n) is 6.21. The van der Waals surface area contributed by atoms with E-state index in [-0.39, 0.29) is 11.0 Å². The van der Waals surface area contributed by atoms with Crippen molar-refractivity contribution in [2.75, 3.05) is 7.11 Å². The summed E-state index contributed by atoms with van der Waals surface area (Å²) in [4.78, 5) is 0. The van der Waals surface area contributed by atoms with Crippen molar-refractivity contribution in [2.45, 2.75) is 0 Å². The number of hydrogen-bond donors (Lipinski definition) is 0. The Balaban J connectivity index is 2.17. The number of rotatable bonds is 3. The lowest BCUT2D eigenvalue weighted by Crippen LogP contribution is -1.99. The van der Waals surface area contributed by atoms with E-state index in [2.05, 4.69) is 10.2 Å². The van der Waals surface area contributed by atoms with Crippen LogP contribution in [0.4, 0.5) is 4.39 Å². The fourth-order valence-electron chi connectivity index (χ4n) is 2.06. The minimum absolute atomic E-state index is 0.135. The Morgan fingerprint density at radius 2 is 1.86 bits per heavy atom. The van der Waals surface area contributed by atoms with Crippen LogP contribution in [0, 0.1) is 5.82 Å². The van der Waals surface area contributed by atoms with E-state index >= 15 is 0 Å². The van der Waals surface area contributed by atoms with Crippen LogP contribution in [-0.2, 0) is 0 Å². The predicted molar refractivity (Wildman–Crippen MR) is 78.3 cm³/mol. The first kappa shape index (κ1) is 13.6. The largest absolute Gasteiger partial charge is 0.494 e. The van der Waals surface area contributed by atoms with Gasteiger partial charge in [-0.1, -0.05) is 30.3 Å². The summed E-state index contributed by atoms with van der Waals surface area (Å²) in [5, 5.41) is 8.17. The van der Waals surface area contributed by atoms with Crippen molar-refractivity contribution >= 4 is 11.6 Å². The molecule has 21 heavy (non-hydrogen) atoms. The van der Waals surface area contributed by atoms with E-state index in [9.17, 15) is 4.39 Å². The fourth-order valence-corrected chi connectivity index (χ4v) is 2.27. The molecule has 0 fully saturated rings. The van der Waals surface area contributed by atoms with Crippen molar-refractivity contribution in [1.29, 1.82) is 0 Å². The third-order valence-corrected chi connectivity index (χ3v) is 3.29. The molecule has 0 radical (unpaired) electrons. The van der Waals surface area contributed by atoms with Gasteiger partial charge in [-0.3, -0.25) is 4.57 Å². The van der Waals surface area contributed by atoms with Crippen LogP contribution in [0.5, 0.6) is 5.75 Å². The summed E-state index contributed by atoms with van der Waals surface area (Å²) >= 11 is 6.12. The zero-order valence-corrected chi connectivity index (χ0v) is 11.9. The molecule has 0 amide bonds. The number of nitrogens with zero attached hydrogens (tertiary/aromatic N) is 3. The summed E-state index contributed by atoms with van der Waals surface area (Å²) in [6.45, 7) is 0. The van der Waals surface area contributed by atoms with E-state index in [0.29, 0.717) is 11.5 Å². The molecule has 3 aromatic rings. The first-order chi connectivity index (χ1) is 10.2. The Kier molecular flexibility index (Phi) is 3.58. The van der Waals surface area contributed by atoms with E-state index in [4.69, 9.17) is 16.3 Å². The number of aromatic nitrogens is 3. The SMILES string of the molecule is COc1cc(-n2c(Cl)nnc2-c2ccccc2)ccc1F. The quantitative estimate of drug-likeness (QED) is 0.740. The summed E-state index contributed by atoms with van der Waals surface area (Å²) in [6, 6.07) is 14.0. The van der Waals surface area contributed by atoms with Crippen molar-refractivity contribution in [3.63, 3.8) is 0 Å². The van der Waals surface area contributed by atoms with Crippen LogP contribution >= 0.6 is 11.6 Å². The van der Waals surface area contributed by atoms with Crippen LogP contribution in [-0.4, -0.2) is 21.9 Å². The molecule has 0 saturated heterocycles. The molecule has 1 heterocycles. The maximum Gasteiger partial charge on any atom is 0.229 e. The van der Waals surface area contributed by atoms with Gasteiger partial charge in [-0.05, 0) is 23.7 Å². The van der Waals surface area contributed by atoms with Gasteiger partial charge >= 0.3 is 0 Å². The van der Waals surface area contributed by atoms with Gasteiger partial charge in [0.1, 0.15) is 0 Å². The zero-order chi connectivity index (χ0) is 14.8. The molecule has 3 rings (SSSR count). The average molecular weight is 304 g/mol. The van der Waals surface area contributed by atoms with Crippen molar-refractivity contribution in [2.24, 2.45) is 0 Å². The lowest BCUT2D eigenvalue weighted by molar-refractivity contribution is 0.386. The molecule has 0 aliphatic carbocycles. The number of methoxy groups -OCH3 is 1. The van der Waals surface area contributed by atoms with Crippen LogP contribution in [0.2, 0.25) is 5.28 Å². The van der Waals surface area contributed by atoms with Gasteiger partial charge in [0.2, 0.25) is 5.28 Å². The van der Waals surface area contributed by atoms with E-state index < -0.39 is 5.82 Å². The molecule has 0 aliphatic rings. The molecule has 0 aliphatic heterocycles. The second kappa shape index (κ2) is 5.54. The monoisotopic (exact) mass is 303 g/mol. The summed E-state index contributed by atoms with van der Waals surface area (Å²) in [6.07, 6.45) is 0. The Morgan fingerprint density at radius 3 is 2.57 bits per heavy atom. The van der Waals surface area contributed by atoms with Crippen molar-refractivity contribution < 1.29 is 9.13 Å². The highest BCUT2D eigenvalue weighted by atomic mass is 35.5. The Bertz CT molecular complexity index is 774. The van der Waals surface area contributed by atoms with E-state index in [1.165, 1.54) is 13.2 Å². The molecule has 6 heteroatoms. The molecule has 4 nitrogen and oxygen atoms in total. The normalized spacial score (nSPS) is 10.6. The van der Waals surface area contributed by atoms with Gasteiger partial charge in [0.15, 0.2) is 17.4 Å². The van der Waals surface area contributed by atoms with Gasteiger partial charge in [-0.2, -0.15) is 0 Å². The molecular weight excluding hydrogens is 293 g/mol. The maximum absolute atomic E-state index is 13.5. The third-order valence-electron chi connectivity index (χ3n) is 3.05. The van der Waals surface area contributed by atoms with Gasteiger partial charge < -0.3 is 4.74 Å². The zero-order valence-electron chi connectivity index (χ0n) is 11.1. The van der Waals surface area contributed by atoms with Gasteiger partial charge in [0.05, 0.1) is 12.8 Å².